The number of hydrogen-bond donors (Lipinski definition) is 2. The summed E-state index contributed by atoms with van der Waals surface area (Å²) in [6, 6.07) is 10.4. The highest BCUT2D eigenvalue weighted by Gasteiger charge is 2.21. The molecule has 0 saturated carbocycles. The number of thiocarbonyl (C=S) groups is 1. The Bertz CT molecular complexity index is 410. The molecule has 0 aromatic heterocycles. The molecule has 1 rings (SSSR count). The molecule has 1 aromatic carbocycles. The monoisotopic (exact) mass is 249 g/mol. The van der Waals surface area contributed by atoms with Crippen LogP contribution in [0.5, 0.6) is 0 Å². The molecule has 0 atom stereocenters. The molecule has 0 aliphatic carbocycles. The highest BCUT2D eigenvalue weighted by Crippen LogP contribution is 2.26. The summed E-state index contributed by atoms with van der Waals surface area (Å²) in [5.41, 5.74) is 10.3. The van der Waals surface area contributed by atoms with E-state index in [0.717, 1.165) is 12.1 Å². The predicted octanol–water partition coefficient (Wildman–Crippen LogP) is 2.56. The lowest BCUT2D eigenvalue weighted by molar-refractivity contribution is 0.547. The van der Waals surface area contributed by atoms with Crippen LogP contribution in [0.3, 0.4) is 0 Å². The van der Waals surface area contributed by atoms with Crippen LogP contribution < -0.4 is 11.2 Å². The van der Waals surface area contributed by atoms with Gasteiger partial charge in [-0.3, -0.25) is 5.43 Å². The fourth-order valence-electron chi connectivity index (χ4n) is 1.82. The molecule has 0 radical (unpaired) electrons. The zero-order valence-corrected chi connectivity index (χ0v) is 11.3. The van der Waals surface area contributed by atoms with Gasteiger partial charge in [0, 0.05) is 5.71 Å². The Morgan fingerprint density at radius 3 is 2.47 bits per heavy atom. The van der Waals surface area contributed by atoms with Gasteiger partial charge in [-0.1, -0.05) is 44.2 Å². The second kappa shape index (κ2) is 5.77. The molecule has 1 aromatic rings. The average molecular weight is 249 g/mol. The molecule has 0 heterocycles. The summed E-state index contributed by atoms with van der Waals surface area (Å²) in [7, 11) is 0. The molecule has 17 heavy (non-hydrogen) atoms. The van der Waals surface area contributed by atoms with Gasteiger partial charge in [0.2, 0.25) is 0 Å². The zero-order valence-electron chi connectivity index (χ0n) is 10.5. The molecular formula is C13H19N3S. The van der Waals surface area contributed by atoms with E-state index in [1.165, 1.54) is 5.56 Å². The number of rotatable bonds is 4. The van der Waals surface area contributed by atoms with E-state index < -0.39 is 0 Å². The lowest BCUT2D eigenvalue weighted by Crippen LogP contribution is -2.27. The maximum absolute atomic E-state index is 5.33. The van der Waals surface area contributed by atoms with Crippen LogP contribution in [0.15, 0.2) is 35.4 Å². The van der Waals surface area contributed by atoms with Crippen molar-refractivity contribution in [3.05, 3.63) is 35.9 Å². The van der Waals surface area contributed by atoms with E-state index in [2.05, 4.69) is 48.6 Å². The van der Waals surface area contributed by atoms with Crippen LogP contribution in [0, 0.1) is 0 Å². The minimum atomic E-state index is 0.0484. The van der Waals surface area contributed by atoms with Crippen molar-refractivity contribution >= 4 is 23.0 Å². The molecule has 0 amide bonds. The van der Waals surface area contributed by atoms with Gasteiger partial charge in [-0.05, 0) is 36.5 Å². The molecule has 0 saturated heterocycles. The fraction of sp³-hybridized carbons (Fsp3) is 0.385. The van der Waals surface area contributed by atoms with E-state index in [0.29, 0.717) is 0 Å². The third-order valence-electron chi connectivity index (χ3n) is 2.61. The number of nitrogens with two attached hydrogens (primary N) is 1. The minimum absolute atomic E-state index is 0.0484. The predicted molar refractivity (Wildman–Crippen MR) is 77.1 cm³/mol. The van der Waals surface area contributed by atoms with Crippen molar-refractivity contribution in [1.29, 1.82) is 0 Å². The van der Waals surface area contributed by atoms with Crippen LogP contribution >= 0.6 is 12.2 Å². The van der Waals surface area contributed by atoms with Gasteiger partial charge < -0.3 is 5.73 Å². The summed E-state index contributed by atoms with van der Waals surface area (Å²) in [6.45, 7) is 6.36. The van der Waals surface area contributed by atoms with E-state index in [4.69, 9.17) is 18.0 Å². The molecule has 3 N–H and O–H groups in total. The molecule has 0 fully saturated rings. The van der Waals surface area contributed by atoms with E-state index in [1.54, 1.807) is 0 Å². The SMILES string of the molecule is C/C(CC(C)(C)c1ccccc1)=N\NC(N)=S. The van der Waals surface area contributed by atoms with Gasteiger partial charge in [0.1, 0.15) is 0 Å². The van der Waals surface area contributed by atoms with Crippen molar-refractivity contribution in [2.24, 2.45) is 10.8 Å². The lowest BCUT2D eigenvalue weighted by Gasteiger charge is -2.25. The van der Waals surface area contributed by atoms with Gasteiger partial charge in [0.05, 0.1) is 0 Å². The Hall–Kier alpha value is -1.42. The Morgan fingerprint density at radius 1 is 1.35 bits per heavy atom. The van der Waals surface area contributed by atoms with Crippen LogP contribution in [-0.2, 0) is 5.41 Å². The van der Waals surface area contributed by atoms with Gasteiger partial charge in [-0.2, -0.15) is 5.10 Å². The third-order valence-corrected chi connectivity index (χ3v) is 2.70. The van der Waals surface area contributed by atoms with Crippen molar-refractivity contribution in [3.8, 4) is 0 Å². The summed E-state index contributed by atoms with van der Waals surface area (Å²) < 4.78 is 0. The van der Waals surface area contributed by atoms with E-state index in [-0.39, 0.29) is 10.5 Å². The van der Waals surface area contributed by atoms with E-state index in [9.17, 15) is 0 Å². The molecular weight excluding hydrogens is 230 g/mol. The maximum Gasteiger partial charge on any atom is 0.184 e. The largest absolute Gasteiger partial charge is 0.375 e. The number of hydrazone groups is 1. The normalized spacial score (nSPS) is 12.3. The number of nitrogens with zero attached hydrogens (tertiary/aromatic N) is 1. The number of hydrogen-bond acceptors (Lipinski definition) is 2. The molecule has 3 nitrogen and oxygen atoms in total. The third kappa shape index (κ3) is 4.53. The van der Waals surface area contributed by atoms with Crippen LogP contribution in [0.4, 0.5) is 0 Å². The van der Waals surface area contributed by atoms with Gasteiger partial charge >= 0.3 is 0 Å². The summed E-state index contributed by atoms with van der Waals surface area (Å²) >= 11 is 4.71. The van der Waals surface area contributed by atoms with Gasteiger partial charge in [0.15, 0.2) is 5.11 Å². The first-order chi connectivity index (χ1) is 7.92. The smallest absolute Gasteiger partial charge is 0.184 e. The summed E-state index contributed by atoms with van der Waals surface area (Å²) in [4.78, 5) is 0. The first kappa shape index (κ1) is 13.6. The van der Waals surface area contributed by atoms with Crippen LogP contribution in [0.25, 0.3) is 0 Å². The second-order valence-electron chi connectivity index (χ2n) is 4.75. The maximum atomic E-state index is 5.33. The quantitative estimate of drug-likeness (QED) is 0.490. The Balaban J connectivity index is 2.73. The second-order valence-corrected chi connectivity index (χ2v) is 5.19. The zero-order chi connectivity index (χ0) is 12.9. The number of nitrogens with one attached hydrogen (secondary N) is 1. The highest BCUT2D eigenvalue weighted by atomic mass is 32.1. The van der Waals surface area contributed by atoms with Gasteiger partial charge in [-0.25, -0.2) is 0 Å². The van der Waals surface area contributed by atoms with Gasteiger partial charge in [-0.15, -0.1) is 0 Å². The lowest BCUT2D eigenvalue weighted by atomic mass is 9.80. The fourth-order valence-corrected chi connectivity index (χ4v) is 1.87. The highest BCUT2D eigenvalue weighted by molar-refractivity contribution is 7.80. The number of benzene rings is 1. The van der Waals surface area contributed by atoms with E-state index in [1.807, 2.05) is 13.0 Å². The van der Waals surface area contributed by atoms with Crippen molar-refractivity contribution in [2.45, 2.75) is 32.6 Å². The molecule has 92 valence electrons. The van der Waals surface area contributed by atoms with Crippen molar-refractivity contribution in [3.63, 3.8) is 0 Å². The molecule has 4 heteroatoms. The first-order valence-corrected chi connectivity index (χ1v) is 5.97. The first-order valence-electron chi connectivity index (χ1n) is 5.56. The van der Waals surface area contributed by atoms with Crippen LogP contribution in [-0.4, -0.2) is 10.8 Å². The topological polar surface area (TPSA) is 50.4 Å². The summed E-state index contributed by atoms with van der Waals surface area (Å²) in [6.07, 6.45) is 0.854. The van der Waals surface area contributed by atoms with Crippen LogP contribution in [0.1, 0.15) is 32.8 Å². The Labute approximate surface area is 108 Å². The molecule has 0 spiro atoms. The molecule has 0 unspecified atom stereocenters. The van der Waals surface area contributed by atoms with Crippen molar-refractivity contribution < 1.29 is 0 Å². The van der Waals surface area contributed by atoms with Crippen molar-refractivity contribution in [1.82, 2.24) is 5.43 Å². The molecule has 0 aliphatic rings. The summed E-state index contributed by atoms with van der Waals surface area (Å²) in [5.74, 6) is 0. The van der Waals surface area contributed by atoms with Gasteiger partial charge in [0.25, 0.3) is 0 Å². The Kier molecular flexibility index (Phi) is 4.63. The van der Waals surface area contributed by atoms with Crippen molar-refractivity contribution in [2.75, 3.05) is 0 Å². The molecule has 0 aliphatic heterocycles. The molecule has 0 bridgehead atoms. The van der Waals surface area contributed by atoms with E-state index >= 15 is 0 Å². The van der Waals surface area contributed by atoms with Crippen LogP contribution in [0.2, 0.25) is 0 Å². The Morgan fingerprint density at radius 2 is 1.94 bits per heavy atom. The summed E-state index contributed by atoms with van der Waals surface area (Å²) in [5, 5.41) is 4.33. The minimum Gasteiger partial charge on any atom is -0.375 e. The average Bonchev–Trinajstić information content (AvgIpc) is 2.27. The standard InChI is InChI=1S/C13H19N3S/c1-10(15-16-12(14)17)9-13(2,3)11-7-5-4-6-8-11/h4-8H,9H2,1-3H3,(H3,14,16,17)/b15-10+.